The summed E-state index contributed by atoms with van der Waals surface area (Å²) >= 11 is 11.7. The van der Waals surface area contributed by atoms with Crippen molar-refractivity contribution in [3.8, 4) is 5.75 Å². The number of para-hydroxylation sites is 2. The summed E-state index contributed by atoms with van der Waals surface area (Å²) in [4.78, 5) is 11.8. The number of rotatable bonds is 6. The number of hydrogen-bond donors (Lipinski definition) is 2. The molecule has 0 aromatic heterocycles. The van der Waals surface area contributed by atoms with Gasteiger partial charge in [-0.2, -0.15) is 5.10 Å². The number of nitrogens with one attached hydrogen (secondary N) is 2. The lowest BCUT2D eigenvalue weighted by Crippen LogP contribution is -2.26. The number of hydrogen-bond acceptors (Lipinski definition) is 4. The van der Waals surface area contributed by atoms with E-state index in [4.69, 9.17) is 27.9 Å². The Bertz CT molecular complexity index is 720. The summed E-state index contributed by atoms with van der Waals surface area (Å²) in [5.41, 5.74) is 3.89. The standard InChI is InChI=1S/C16H15Cl2N3O2/c1-23-15-5-3-2-4-14(15)19-10-16(22)21-20-9-11-6-7-12(17)13(18)8-11/h2-9,19H,10H2,1H3,(H,21,22)/b20-9-. The minimum Gasteiger partial charge on any atom is -0.495 e. The van der Waals surface area contributed by atoms with Gasteiger partial charge in [-0.1, -0.05) is 41.4 Å². The van der Waals surface area contributed by atoms with Crippen LogP contribution < -0.4 is 15.5 Å². The van der Waals surface area contributed by atoms with Crippen LogP contribution in [0, 0.1) is 0 Å². The van der Waals surface area contributed by atoms with Crippen molar-refractivity contribution in [1.82, 2.24) is 5.43 Å². The van der Waals surface area contributed by atoms with Gasteiger partial charge < -0.3 is 10.1 Å². The third kappa shape index (κ3) is 5.16. The van der Waals surface area contributed by atoms with E-state index in [1.807, 2.05) is 24.3 Å². The van der Waals surface area contributed by atoms with Gasteiger partial charge >= 0.3 is 0 Å². The van der Waals surface area contributed by atoms with Crippen molar-refractivity contribution in [3.63, 3.8) is 0 Å². The average Bonchev–Trinajstić information content (AvgIpc) is 2.56. The van der Waals surface area contributed by atoms with Gasteiger partial charge in [0.25, 0.3) is 5.91 Å². The molecule has 120 valence electrons. The molecule has 7 heteroatoms. The molecule has 2 N–H and O–H groups in total. The van der Waals surface area contributed by atoms with Crippen LogP contribution in [-0.2, 0) is 4.79 Å². The first-order valence-electron chi connectivity index (χ1n) is 6.74. The number of nitrogens with zero attached hydrogens (tertiary/aromatic N) is 1. The largest absolute Gasteiger partial charge is 0.495 e. The highest BCUT2D eigenvalue weighted by atomic mass is 35.5. The minimum atomic E-state index is -0.285. The predicted octanol–water partition coefficient (Wildman–Crippen LogP) is 3.56. The Labute approximate surface area is 144 Å². The Morgan fingerprint density at radius 3 is 2.74 bits per heavy atom. The highest BCUT2D eigenvalue weighted by Gasteiger charge is 2.04. The Morgan fingerprint density at radius 1 is 1.22 bits per heavy atom. The molecule has 0 saturated carbocycles. The molecule has 0 fully saturated rings. The maximum atomic E-state index is 11.8. The molecule has 2 rings (SSSR count). The highest BCUT2D eigenvalue weighted by molar-refractivity contribution is 6.42. The third-order valence-electron chi connectivity index (χ3n) is 2.89. The Morgan fingerprint density at radius 2 is 2.00 bits per heavy atom. The molecule has 0 saturated heterocycles. The summed E-state index contributed by atoms with van der Waals surface area (Å²) in [5, 5.41) is 7.75. The van der Waals surface area contributed by atoms with Crippen molar-refractivity contribution < 1.29 is 9.53 Å². The Balaban J connectivity index is 1.85. The number of carbonyl (C=O) groups excluding carboxylic acids is 1. The lowest BCUT2D eigenvalue weighted by atomic mass is 10.2. The predicted molar refractivity (Wildman–Crippen MR) is 93.7 cm³/mol. The van der Waals surface area contributed by atoms with Crippen molar-refractivity contribution in [2.75, 3.05) is 19.0 Å². The molecule has 0 spiro atoms. The summed E-state index contributed by atoms with van der Waals surface area (Å²) in [5.74, 6) is 0.381. The molecule has 2 aromatic rings. The second-order valence-electron chi connectivity index (χ2n) is 4.52. The quantitative estimate of drug-likeness (QED) is 0.617. The van der Waals surface area contributed by atoms with Crippen LogP contribution in [0.25, 0.3) is 0 Å². The number of ether oxygens (including phenoxy) is 1. The van der Waals surface area contributed by atoms with Crippen molar-refractivity contribution >= 4 is 41.0 Å². The van der Waals surface area contributed by atoms with Crippen molar-refractivity contribution in [3.05, 3.63) is 58.1 Å². The molecule has 0 unspecified atom stereocenters. The fourth-order valence-corrected chi connectivity index (χ4v) is 2.08. The minimum absolute atomic E-state index is 0.0685. The lowest BCUT2D eigenvalue weighted by molar-refractivity contribution is -0.119. The molecular formula is C16H15Cl2N3O2. The van der Waals surface area contributed by atoms with E-state index >= 15 is 0 Å². The maximum absolute atomic E-state index is 11.8. The maximum Gasteiger partial charge on any atom is 0.259 e. The summed E-state index contributed by atoms with van der Waals surface area (Å²) in [6.45, 7) is 0.0685. The number of halogens is 2. The first kappa shape index (κ1) is 17.1. The molecule has 0 radical (unpaired) electrons. The molecule has 2 aromatic carbocycles. The van der Waals surface area contributed by atoms with E-state index in [2.05, 4.69) is 15.8 Å². The van der Waals surface area contributed by atoms with Gasteiger partial charge in [-0.25, -0.2) is 5.43 Å². The van der Waals surface area contributed by atoms with E-state index in [0.29, 0.717) is 15.8 Å². The number of benzene rings is 2. The molecule has 0 heterocycles. The van der Waals surface area contributed by atoms with Crippen molar-refractivity contribution in [2.45, 2.75) is 0 Å². The van der Waals surface area contributed by atoms with Crippen LogP contribution in [0.5, 0.6) is 5.75 Å². The van der Waals surface area contributed by atoms with Crippen LogP contribution in [0.1, 0.15) is 5.56 Å². The fourth-order valence-electron chi connectivity index (χ4n) is 1.78. The van der Waals surface area contributed by atoms with Gasteiger partial charge in [-0.15, -0.1) is 0 Å². The van der Waals surface area contributed by atoms with Crippen LogP contribution in [0.4, 0.5) is 5.69 Å². The summed E-state index contributed by atoms with van der Waals surface area (Å²) in [6, 6.07) is 12.4. The lowest BCUT2D eigenvalue weighted by Gasteiger charge is -2.09. The van der Waals surface area contributed by atoms with Crippen LogP contribution in [0.2, 0.25) is 10.0 Å². The van der Waals surface area contributed by atoms with Gasteiger partial charge in [0, 0.05) is 0 Å². The molecule has 1 amide bonds. The van der Waals surface area contributed by atoms with Gasteiger partial charge in [0.15, 0.2) is 0 Å². The number of amides is 1. The van der Waals surface area contributed by atoms with E-state index in [9.17, 15) is 4.79 Å². The smallest absolute Gasteiger partial charge is 0.259 e. The Hall–Kier alpha value is -2.24. The van der Waals surface area contributed by atoms with Gasteiger partial charge in [0.1, 0.15) is 5.75 Å². The van der Waals surface area contributed by atoms with E-state index in [0.717, 1.165) is 11.3 Å². The van der Waals surface area contributed by atoms with Gasteiger partial charge in [-0.3, -0.25) is 4.79 Å². The van der Waals surface area contributed by atoms with E-state index < -0.39 is 0 Å². The number of anilines is 1. The zero-order chi connectivity index (χ0) is 16.7. The van der Waals surface area contributed by atoms with Crippen molar-refractivity contribution in [2.24, 2.45) is 5.10 Å². The molecule has 23 heavy (non-hydrogen) atoms. The first-order chi connectivity index (χ1) is 11.1. The molecule has 0 aliphatic carbocycles. The summed E-state index contributed by atoms with van der Waals surface area (Å²) < 4.78 is 5.19. The summed E-state index contributed by atoms with van der Waals surface area (Å²) in [7, 11) is 1.57. The van der Waals surface area contributed by atoms with E-state index in [1.165, 1.54) is 6.21 Å². The number of methoxy groups -OCH3 is 1. The highest BCUT2D eigenvalue weighted by Crippen LogP contribution is 2.23. The SMILES string of the molecule is COc1ccccc1NCC(=O)N/N=C\c1ccc(Cl)c(Cl)c1. The van der Waals surface area contributed by atoms with Crippen molar-refractivity contribution in [1.29, 1.82) is 0 Å². The third-order valence-corrected chi connectivity index (χ3v) is 3.63. The zero-order valence-electron chi connectivity index (χ0n) is 12.3. The monoisotopic (exact) mass is 351 g/mol. The van der Waals surface area contributed by atoms with Gasteiger partial charge in [-0.05, 0) is 29.8 Å². The molecular weight excluding hydrogens is 337 g/mol. The molecule has 5 nitrogen and oxygen atoms in total. The topological polar surface area (TPSA) is 62.7 Å². The summed E-state index contributed by atoms with van der Waals surface area (Å²) in [6.07, 6.45) is 1.49. The normalized spacial score (nSPS) is 10.6. The average molecular weight is 352 g/mol. The zero-order valence-corrected chi connectivity index (χ0v) is 13.9. The Kier molecular flexibility index (Phi) is 6.26. The van der Waals surface area contributed by atoms with Crippen LogP contribution in [-0.4, -0.2) is 25.8 Å². The second kappa shape index (κ2) is 8.41. The first-order valence-corrected chi connectivity index (χ1v) is 7.49. The number of carbonyl (C=O) groups is 1. The second-order valence-corrected chi connectivity index (χ2v) is 5.33. The molecule has 0 bridgehead atoms. The van der Waals surface area contributed by atoms with E-state index in [-0.39, 0.29) is 12.5 Å². The number of hydrazone groups is 1. The fraction of sp³-hybridized carbons (Fsp3) is 0.125. The van der Waals surface area contributed by atoms with Crippen LogP contribution in [0.3, 0.4) is 0 Å². The van der Waals surface area contributed by atoms with E-state index in [1.54, 1.807) is 25.3 Å². The van der Waals surface area contributed by atoms with Gasteiger partial charge in [0.05, 0.1) is 35.6 Å². The van der Waals surface area contributed by atoms with Crippen LogP contribution >= 0.6 is 23.2 Å². The van der Waals surface area contributed by atoms with Crippen LogP contribution in [0.15, 0.2) is 47.6 Å². The molecule has 0 aliphatic rings. The molecule has 0 aliphatic heterocycles. The molecule has 0 atom stereocenters. The van der Waals surface area contributed by atoms with Gasteiger partial charge in [0.2, 0.25) is 0 Å².